The van der Waals surface area contributed by atoms with Crippen molar-refractivity contribution in [3.05, 3.63) is 71.3 Å². The van der Waals surface area contributed by atoms with Crippen LogP contribution in [0.1, 0.15) is 29.5 Å². The number of hydrogen-bond acceptors (Lipinski definition) is 1. The summed E-state index contributed by atoms with van der Waals surface area (Å²) in [4.78, 5) is 11.8. The highest BCUT2D eigenvalue weighted by Crippen LogP contribution is 2.32. The van der Waals surface area contributed by atoms with Crippen molar-refractivity contribution in [2.24, 2.45) is 0 Å². The van der Waals surface area contributed by atoms with Gasteiger partial charge in [-0.05, 0) is 30.2 Å². The Balaban J connectivity index is 2.39. The van der Waals surface area contributed by atoms with E-state index in [9.17, 15) is 18.0 Å². The van der Waals surface area contributed by atoms with Gasteiger partial charge in [-0.2, -0.15) is 13.2 Å². The highest BCUT2D eigenvalue weighted by Gasteiger charge is 2.30. The van der Waals surface area contributed by atoms with E-state index in [4.69, 9.17) is 0 Å². The van der Waals surface area contributed by atoms with Crippen molar-refractivity contribution < 1.29 is 18.0 Å². The van der Waals surface area contributed by atoms with Gasteiger partial charge in [-0.15, -0.1) is 0 Å². The predicted octanol–water partition coefficient (Wildman–Crippen LogP) is 4.43. The van der Waals surface area contributed by atoms with Gasteiger partial charge in [0.2, 0.25) is 0 Å². The lowest BCUT2D eigenvalue weighted by Gasteiger charge is -2.16. The largest absolute Gasteiger partial charge is 0.416 e. The molecule has 0 heterocycles. The Hall–Kier alpha value is -2.10. The van der Waals surface area contributed by atoms with E-state index in [2.05, 4.69) is 0 Å². The maximum atomic E-state index is 12.5. The van der Waals surface area contributed by atoms with Crippen molar-refractivity contribution in [3.8, 4) is 0 Å². The number of alkyl halides is 3. The van der Waals surface area contributed by atoms with Gasteiger partial charge in [0.1, 0.15) is 5.78 Å². The Morgan fingerprint density at radius 2 is 1.40 bits per heavy atom. The van der Waals surface area contributed by atoms with Gasteiger partial charge in [0.15, 0.2) is 0 Å². The van der Waals surface area contributed by atoms with Crippen LogP contribution >= 0.6 is 0 Å². The van der Waals surface area contributed by atoms with E-state index in [-0.39, 0.29) is 5.78 Å². The van der Waals surface area contributed by atoms with Gasteiger partial charge < -0.3 is 0 Å². The third-order valence-corrected chi connectivity index (χ3v) is 3.11. The molecule has 0 aliphatic carbocycles. The van der Waals surface area contributed by atoms with E-state index >= 15 is 0 Å². The minimum atomic E-state index is -4.36. The second-order valence-electron chi connectivity index (χ2n) is 4.57. The van der Waals surface area contributed by atoms with Crippen LogP contribution in [0.3, 0.4) is 0 Å². The predicted molar refractivity (Wildman–Crippen MR) is 70.4 cm³/mol. The maximum Gasteiger partial charge on any atom is 0.416 e. The van der Waals surface area contributed by atoms with Crippen molar-refractivity contribution in [3.63, 3.8) is 0 Å². The van der Waals surface area contributed by atoms with Crippen molar-refractivity contribution in [2.75, 3.05) is 0 Å². The molecule has 0 aromatic heterocycles. The SMILES string of the molecule is CC(=O)C(c1ccccc1)c1ccc(C(F)(F)F)cc1. The smallest absolute Gasteiger partial charge is 0.299 e. The third-order valence-electron chi connectivity index (χ3n) is 3.11. The summed E-state index contributed by atoms with van der Waals surface area (Å²) in [6.07, 6.45) is -4.36. The molecule has 0 saturated carbocycles. The van der Waals surface area contributed by atoms with Gasteiger partial charge in [-0.1, -0.05) is 42.5 Å². The molecule has 0 aliphatic heterocycles. The zero-order valence-electron chi connectivity index (χ0n) is 10.8. The van der Waals surface area contributed by atoms with E-state index in [1.54, 1.807) is 24.3 Å². The molecule has 0 N–H and O–H groups in total. The Bertz CT molecular complexity index is 585. The van der Waals surface area contributed by atoms with Gasteiger partial charge >= 0.3 is 6.18 Å². The molecule has 20 heavy (non-hydrogen) atoms. The fourth-order valence-corrected chi connectivity index (χ4v) is 2.17. The molecule has 104 valence electrons. The van der Waals surface area contributed by atoms with Crippen LogP contribution in [0.2, 0.25) is 0 Å². The first kappa shape index (κ1) is 14.3. The van der Waals surface area contributed by atoms with Crippen LogP contribution in [-0.4, -0.2) is 5.78 Å². The van der Waals surface area contributed by atoms with Gasteiger partial charge in [-0.25, -0.2) is 0 Å². The fourth-order valence-electron chi connectivity index (χ4n) is 2.17. The number of hydrogen-bond donors (Lipinski definition) is 0. The van der Waals surface area contributed by atoms with Gasteiger partial charge in [-0.3, -0.25) is 4.79 Å². The van der Waals surface area contributed by atoms with Crippen LogP contribution in [0.15, 0.2) is 54.6 Å². The first-order valence-electron chi connectivity index (χ1n) is 6.12. The number of ketones is 1. The third kappa shape index (κ3) is 3.07. The molecule has 4 heteroatoms. The lowest BCUT2D eigenvalue weighted by Crippen LogP contribution is -2.11. The summed E-state index contributed by atoms with van der Waals surface area (Å²) in [5.74, 6) is -0.630. The van der Waals surface area contributed by atoms with Crippen LogP contribution in [0.4, 0.5) is 13.2 Å². The average molecular weight is 278 g/mol. The zero-order chi connectivity index (χ0) is 14.8. The Kier molecular flexibility index (Phi) is 3.93. The van der Waals surface area contributed by atoms with E-state index in [1.807, 2.05) is 6.07 Å². The van der Waals surface area contributed by atoms with Crippen molar-refractivity contribution in [2.45, 2.75) is 19.0 Å². The van der Waals surface area contributed by atoms with E-state index in [0.29, 0.717) is 5.56 Å². The zero-order valence-corrected chi connectivity index (χ0v) is 10.8. The van der Waals surface area contributed by atoms with Gasteiger partial charge in [0.25, 0.3) is 0 Å². The summed E-state index contributed by atoms with van der Waals surface area (Å²) < 4.78 is 37.6. The summed E-state index contributed by atoms with van der Waals surface area (Å²) in [6.45, 7) is 1.44. The topological polar surface area (TPSA) is 17.1 Å². The summed E-state index contributed by atoms with van der Waals surface area (Å²) in [5.41, 5.74) is 0.632. The van der Waals surface area contributed by atoms with Crippen LogP contribution in [-0.2, 0) is 11.0 Å². The summed E-state index contributed by atoms with van der Waals surface area (Å²) in [6, 6.07) is 13.8. The quantitative estimate of drug-likeness (QED) is 0.812. The van der Waals surface area contributed by atoms with Gasteiger partial charge in [0.05, 0.1) is 11.5 Å². The first-order valence-corrected chi connectivity index (χ1v) is 6.12. The molecule has 0 aliphatic rings. The van der Waals surface area contributed by atoms with E-state index in [0.717, 1.165) is 17.7 Å². The minimum Gasteiger partial charge on any atom is -0.299 e. The second-order valence-corrected chi connectivity index (χ2v) is 4.57. The lowest BCUT2D eigenvalue weighted by atomic mass is 9.88. The number of benzene rings is 2. The van der Waals surface area contributed by atoms with E-state index < -0.39 is 17.7 Å². The normalized spacial score (nSPS) is 13.0. The molecular formula is C16H13F3O. The van der Waals surface area contributed by atoms with Crippen molar-refractivity contribution in [1.82, 2.24) is 0 Å². The molecule has 2 rings (SSSR count). The Morgan fingerprint density at radius 3 is 1.85 bits per heavy atom. The number of Topliss-reactive ketones (excluding diaryl/α,β-unsaturated/α-hetero) is 1. The van der Waals surface area contributed by atoms with Gasteiger partial charge in [0, 0.05) is 0 Å². The molecule has 0 spiro atoms. The lowest BCUT2D eigenvalue weighted by molar-refractivity contribution is -0.137. The average Bonchev–Trinajstić information content (AvgIpc) is 2.39. The Labute approximate surface area is 115 Å². The number of carbonyl (C=O) groups is 1. The standard InChI is InChI=1S/C16H13F3O/c1-11(20)15(12-5-3-2-4-6-12)13-7-9-14(10-8-13)16(17,18)19/h2-10,15H,1H3. The monoisotopic (exact) mass is 278 g/mol. The fraction of sp³-hybridized carbons (Fsp3) is 0.188. The molecule has 1 atom stereocenters. The summed E-state index contributed by atoms with van der Waals surface area (Å²) in [7, 11) is 0. The summed E-state index contributed by atoms with van der Waals surface area (Å²) >= 11 is 0. The molecule has 0 saturated heterocycles. The molecule has 0 fully saturated rings. The van der Waals surface area contributed by atoms with E-state index in [1.165, 1.54) is 19.1 Å². The van der Waals surface area contributed by atoms with Crippen molar-refractivity contribution in [1.29, 1.82) is 0 Å². The second kappa shape index (κ2) is 5.49. The number of halogens is 3. The van der Waals surface area contributed by atoms with Crippen LogP contribution in [0, 0.1) is 0 Å². The van der Waals surface area contributed by atoms with Crippen LogP contribution in [0.25, 0.3) is 0 Å². The molecular weight excluding hydrogens is 265 g/mol. The highest BCUT2D eigenvalue weighted by molar-refractivity contribution is 5.86. The molecule has 0 bridgehead atoms. The van der Waals surface area contributed by atoms with Crippen LogP contribution in [0.5, 0.6) is 0 Å². The molecule has 1 unspecified atom stereocenters. The van der Waals surface area contributed by atoms with Crippen molar-refractivity contribution >= 4 is 5.78 Å². The number of rotatable bonds is 3. The molecule has 2 aromatic rings. The minimum absolute atomic E-state index is 0.101. The molecule has 0 amide bonds. The summed E-state index contributed by atoms with van der Waals surface area (Å²) in [5, 5.41) is 0. The molecule has 2 aromatic carbocycles. The number of carbonyl (C=O) groups excluding carboxylic acids is 1. The maximum absolute atomic E-state index is 12.5. The highest BCUT2D eigenvalue weighted by atomic mass is 19.4. The van der Waals surface area contributed by atoms with Crippen LogP contribution < -0.4 is 0 Å². The molecule has 0 radical (unpaired) electrons. The molecule has 1 nitrogen and oxygen atoms in total. The first-order chi connectivity index (χ1) is 9.39. The Morgan fingerprint density at radius 1 is 0.900 bits per heavy atom.